The van der Waals surface area contributed by atoms with E-state index < -0.39 is 42.4 Å². The summed E-state index contributed by atoms with van der Waals surface area (Å²) in [4.78, 5) is 45.9. The fourth-order valence-electron chi connectivity index (χ4n) is 1.95. The van der Waals surface area contributed by atoms with Crippen LogP contribution in [0.2, 0.25) is 0 Å². The van der Waals surface area contributed by atoms with Gasteiger partial charge in [0, 0.05) is 19.9 Å². The normalized spacial score (nSPS) is 12.8. The molecule has 0 saturated heterocycles. The molecule has 138 valence electrons. The summed E-state index contributed by atoms with van der Waals surface area (Å²) < 4.78 is 0. The zero-order valence-electron chi connectivity index (χ0n) is 13.2. The van der Waals surface area contributed by atoms with Gasteiger partial charge in [0.05, 0.1) is 0 Å². The third kappa shape index (κ3) is 6.40. The first-order valence-electron chi connectivity index (χ1n) is 7.15. The summed E-state index contributed by atoms with van der Waals surface area (Å²) in [6.45, 7) is 0. The Kier molecular flexibility index (Phi) is 7.24. The molecule has 0 radical (unpaired) electrons. The Labute approximate surface area is 141 Å². The number of carboxylic acid groups (broad SMARTS) is 3. The van der Waals surface area contributed by atoms with Gasteiger partial charge >= 0.3 is 23.9 Å². The third-order valence-corrected chi connectivity index (χ3v) is 3.35. The number of urea groups is 1. The number of rotatable bonds is 10. The maximum atomic E-state index is 12.1. The van der Waals surface area contributed by atoms with E-state index in [-0.39, 0.29) is 25.1 Å². The number of aromatic nitrogens is 4. The fourth-order valence-corrected chi connectivity index (χ4v) is 1.95. The molecule has 1 aromatic rings. The predicted molar refractivity (Wildman–Crippen MR) is 78.5 cm³/mol. The molecule has 5 N–H and O–H groups in total. The maximum absolute atomic E-state index is 12.1. The van der Waals surface area contributed by atoms with Gasteiger partial charge in [0.2, 0.25) is 0 Å². The Morgan fingerprint density at radius 1 is 1.16 bits per heavy atom. The molecule has 0 aromatic carbocycles. The number of nitrogens with one attached hydrogen (secondary N) is 2. The largest absolute Gasteiger partial charge is 0.481 e. The molecule has 0 aliphatic heterocycles. The van der Waals surface area contributed by atoms with Crippen molar-refractivity contribution in [3.05, 3.63) is 5.82 Å². The van der Waals surface area contributed by atoms with Crippen molar-refractivity contribution in [3.63, 3.8) is 0 Å². The van der Waals surface area contributed by atoms with E-state index >= 15 is 0 Å². The van der Waals surface area contributed by atoms with Crippen LogP contribution in [-0.4, -0.2) is 83.9 Å². The second-order valence-corrected chi connectivity index (χ2v) is 5.10. The number of amides is 2. The van der Waals surface area contributed by atoms with Gasteiger partial charge in [-0.2, -0.15) is 5.21 Å². The summed E-state index contributed by atoms with van der Waals surface area (Å²) in [6, 6.07) is -3.65. The second kappa shape index (κ2) is 9.14. The molecule has 25 heavy (non-hydrogen) atoms. The molecule has 2 amide bonds. The highest BCUT2D eigenvalue weighted by molar-refractivity contribution is 5.86. The number of aromatic amines is 1. The van der Waals surface area contributed by atoms with Crippen molar-refractivity contribution in [3.8, 4) is 0 Å². The van der Waals surface area contributed by atoms with Crippen LogP contribution in [0.15, 0.2) is 0 Å². The highest BCUT2D eigenvalue weighted by Gasteiger charge is 2.30. The Morgan fingerprint density at radius 2 is 1.84 bits per heavy atom. The molecule has 0 fully saturated rings. The van der Waals surface area contributed by atoms with Crippen molar-refractivity contribution in [2.45, 2.75) is 37.8 Å². The standard InChI is InChI=1S/C12H18N6O7/c1-18(7(11(23)24)3-5-9(19)20)12(25)13-6(10(21)22)2-4-8-14-16-17-15-8/h6-7H,2-5H2,1H3,(H,13,25)(H,19,20)(H,21,22)(H,23,24)(H,14,15,16,17). The number of aliphatic carboxylic acids is 3. The van der Waals surface area contributed by atoms with Crippen LogP contribution in [0.4, 0.5) is 4.79 Å². The number of aryl methyl sites for hydroxylation is 1. The molecule has 0 saturated carbocycles. The van der Waals surface area contributed by atoms with Crippen LogP contribution in [0.5, 0.6) is 0 Å². The number of carbonyl (C=O) groups is 4. The molecule has 1 rings (SSSR count). The van der Waals surface area contributed by atoms with Crippen molar-refractivity contribution >= 4 is 23.9 Å². The first-order chi connectivity index (χ1) is 11.7. The van der Waals surface area contributed by atoms with Crippen molar-refractivity contribution in [1.82, 2.24) is 30.8 Å². The third-order valence-electron chi connectivity index (χ3n) is 3.35. The number of likely N-dealkylation sites (N-methyl/N-ethyl adjacent to an activating group) is 1. The first-order valence-corrected chi connectivity index (χ1v) is 7.15. The zero-order chi connectivity index (χ0) is 19.0. The highest BCUT2D eigenvalue weighted by Crippen LogP contribution is 2.08. The summed E-state index contributed by atoms with van der Waals surface area (Å²) in [6.07, 6.45) is -0.676. The van der Waals surface area contributed by atoms with Crippen LogP contribution < -0.4 is 5.32 Å². The average Bonchev–Trinajstić information content (AvgIpc) is 3.03. The number of carboxylic acids is 3. The van der Waals surface area contributed by atoms with E-state index in [4.69, 9.17) is 15.3 Å². The van der Waals surface area contributed by atoms with Crippen LogP contribution in [0.25, 0.3) is 0 Å². The smallest absolute Gasteiger partial charge is 0.326 e. The SMILES string of the molecule is CN(C(=O)NC(CCc1nn[nH]n1)C(=O)O)C(CCC(=O)O)C(=O)O. The molecule has 0 aliphatic carbocycles. The van der Waals surface area contributed by atoms with Gasteiger partial charge in [-0.15, -0.1) is 10.2 Å². The summed E-state index contributed by atoms with van der Waals surface area (Å²) in [5.74, 6) is -3.65. The first kappa shape index (κ1) is 19.8. The van der Waals surface area contributed by atoms with E-state index in [1.54, 1.807) is 0 Å². The van der Waals surface area contributed by atoms with E-state index in [0.717, 1.165) is 11.9 Å². The summed E-state index contributed by atoms with van der Waals surface area (Å²) in [7, 11) is 1.15. The molecule has 0 bridgehead atoms. The van der Waals surface area contributed by atoms with Crippen LogP contribution in [0, 0.1) is 0 Å². The van der Waals surface area contributed by atoms with Gasteiger partial charge in [-0.05, 0) is 12.8 Å². The van der Waals surface area contributed by atoms with Crippen LogP contribution in [-0.2, 0) is 20.8 Å². The average molecular weight is 358 g/mol. The number of hydrogen-bond acceptors (Lipinski definition) is 7. The Hall–Kier alpha value is -3.25. The van der Waals surface area contributed by atoms with Gasteiger partial charge in [0.25, 0.3) is 0 Å². The van der Waals surface area contributed by atoms with Crippen LogP contribution in [0.3, 0.4) is 0 Å². The van der Waals surface area contributed by atoms with Crippen molar-refractivity contribution in [1.29, 1.82) is 0 Å². The second-order valence-electron chi connectivity index (χ2n) is 5.10. The minimum absolute atomic E-state index is 0.0404. The van der Waals surface area contributed by atoms with E-state index in [9.17, 15) is 19.2 Å². The Bertz CT molecular complexity index is 619. The molecule has 1 aromatic heterocycles. The summed E-state index contributed by atoms with van der Waals surface area (Å²) in [5, 5.41) is 41.9. The molecule has 0 spiro atoms. The topological polar surface area (TPSA) is 199 Å². The zero-order valence-corrected chi connectivity index (χ0v) is 13.2. The minimum Gasteiger partial charge on any atom is -0.481 e. The van der Waals surface area contributed by atoms with E-state index in [2.05, 4.69) is 25.9 Å². The molecular formula is C12H18N6O7. The number of H-pyrrole nitrogens is 1. The van der Waals surface area contributed by atoms with Crippen LogP contribution >= 0.6 is 0 Å². The molecule has 13 heteroatoms. The number of hydrogen-bond donors (Lipinski definition) is 5. The van der Waals surface area contributed by atoms with Crippen molar-refractivity contribution in [2.75, 3.05) is 7.05 Å². The molecule has 2 atom stereocenters. The van der Waals surface area contributed by atoms with E-state index in [1.807, 2.05) is 0 Å². The molecule has 1 heterocycles. The minimum atomic E-state index is -1.40. The molecule has 0 aliphatic rings. The van der Waals surface area contributed by atoms with Gasteiger partial charge in [-0.3, -0.25) is 4.79 Å². The highest BCUT2D eigenvalue weighted by atomic mass is 16.4. The van der Waals surface area contributed by atoms with Gasteiger partial charge in [0.15, 0.2) is 5.82 Å². The number of tetrazole rings is 1. The van der Waals surface area contributed by atoms with Gasteiger partial charge < -0.3 is 25.5 Å². The monoisotopic (exact) mass is 358 g/mol. The van der Waals surface area contributed by atoms with Crippen molar-refractivity contribution < 1.29 is 34.5 Å². The van der Waals surface area contributed by atoms with Gasteiger partial charge in [-0.1, -0.05) is 5.21 Å². The quantitative estimate of drug-likeness (QED) is 0.329. The lowest BCUT2D eigenvalue weighted by Gasteiger charge is -2.26. The maximum Gasteiger partial charge on any atom is 0.326 e. The Balaban J connectivity index is 2.68. The fraction of sp³-hybridized carbons (Fsp3) is 0.583. The lowest BCUT2D eigenvalue weighted by molar-refractivity contribution is -0.143. The van der Waals surface area contributed by atoms with Crippen molar-refractivity contribution in [2.24, 2.45) is 0 Å². The predicted octanol–water partition coefficient (Wildman–Crippen LogP) is -1.46. The summed E-state index contributed by atoms with van der Waals surface area (Å²) in [5.41, 5.74) is 0. The number of nitrogens with zero attached hydrogens (tertiary/aromatic N) is 4. The lowest BCUT2D eigenvalue weighted by Crippen LogP contribution is -2.52. The van der Waals surface area contributed by atoms with Crippen LogP contribution in [0.1, 0.15) is 25.1 Å². The van der Waals surface area contributed by atoms with E-state index in [1.165, 1.54) is 0 Å². The van der Waals surface area contributed by atoms with Gasteiger partial charge in [-0.25, -0.2) is 14.4 Å². The Morgan fingerprint density at radius 3 is 2.32 bits per heavy atom. The van der Waals surface area contributed by atoms with E-state index in [0.29, 0.717) is 0 Å². The molecule has 2 unspecified atom stereocenters. The molecular weight excluding hydrogens is 340 g/mol. The summed E-state index contributed by atoms with van der Waals surface area (Å²) >= 11 is 0. The number of carbonyl (C=O) groups excluding carboxylic acids is 1. The van der Waals surface area contributed by atoms with Gasteiger partial charge in [0.1, 0.15) is 12.1 Å². The molecule has 13 nitrogen and oxygen atoms in total. The lowest BCUT2D eigenvalue weighted by atomic mass is 10.1.